The van der Waals surface area contributed by atoms with Crippen molar-refractivity contribution in [2.24, 2.45) is 22.9 Å². The van der Waals surface area contributed by atoms with Gasteiger partial charge >= 0.3 is 6.09 Å². The largest absolute Gasteiger partial charge is 0.496 e. The molecule has 1 heterocycles. The van der Waals surface area contributed by atoms with Gasteiger partial charge in [0, 0.05) is 31.1 Å². The van der Waals surface area contributed by atoms with E-state index in [9.17, 15) is 19.8 Å². The Labute approximate surface area is 376 Å². The molecule has 0 spiro atoms. The molecular weight excluding hydrogens is 813 g/mol. The predicted molar refractivity (Wildman–Crippen MR) is 246 cm³/mol. The van der Waals surface area contributed by atoms with E-state index in [1.165, 1.54) is 14.2 Å². The standard InChI is InChI=1S/C52H62N2O10/c1-7-27-61-52-47(54(50(58)60-6)32-36-18-14-17-34-15-8-9-19-40(34)36)31-44(53-64-51(2,3)4)42-29-35(16-10-12-25-55)41(20-11-13-26-56)48(49(42)52)43-30-39(22-24-46(43)63-52)62-38-21-23-45(59-5)37(28-38)33-57/h7-9,14-15,17-19,21-24,28-30,33,35,41,47-49,55-56H,1,10-13,16,20,25-27,31-32H2,2-6H3/t35-,41+,47-,48+,49+,52+/m0/s1. The lowest BCUT2D eigenvalue weighted by Crippen LogP contribution is -2.70. The zero-order valence-corrected chi connectivity index (χ0v) is 37.7. The number of carbonyl (C=O) groups excluding carboxylic acids is 2. The van der Waals surface area contributed by atoms with Crippen molar-refractivity contribution >= 4 is 28.9 Å². The second-order valence-electron chi connectivity index (χ2n) is 17.8. The summed E-state index contributed by atoms with van der Waals surface area (Å²) in [6.07, 6.45) is 8.84. The zero-order chi connectivity index (χ0) is 45.4. The number of hydrogen-bond donors (Lipinski definition) is 2. The molecule has 7 rings (SSSR count). The fourth-order valence-corrected chi connectivity index (χ4v) is 9.94. The molecule has 0 aromatic heterocycles. The number of aliphatic hydroxyl groups is 2. The van der Waals surface area contributed by atoms with E-state index in [0.717, 1.165) is 59.4 Å². The molecule has 1 saturated carbocycles. The molecule has 2 N–H and O–H groups in total. The van der Waals surface area contributed by atoms with E-state index in [1.807, 2.05) is 63.2 Å². The fraction of sp³-hybridized carbons (Fsp3) is 0.442. The summed E-state index contributed by atoms with van der Waals surface area (Å²) in [6, 6.07) is 24.2. The van der Waals surface area contributed by atoms with Crippen LogP contribution in [0.2, 0.25) is 0 Å². The van der Waals surface area contributed by atoms with Gasteiger partial charge in [0.2, 0.25) is 5.79 Å². The number of ether oxygens (including phenoxy) is 5. The van der Waals surface area contributed by atoms with Crippen LogP contribution in [0.15, 0.2) is 108 Å². The van der Waals surface area contributed by atoms with Crippen molar-refractivity contribution in [2.75, 3.05) is 34.0 Å². The first kappa shape index (κ1) is 46.3. The van der Waals surface area contributed by atoms with Crippen molar-refractivity contribution < 1.29 is 48.3 Å². The Morgan fingerprint density at radius 3 is 2.41 bits per heavy atom. The summed E-state index contributed by atoms with van der Waals surface area (Å²) >= 11 is 0. The summed E-state index contributed by atoms with van der Waals surface area (Å²) in [5.74, 6) is -0.248. The molecule has 64 heavy (non-hydrogen) atoms. The van der Waals surface area contributed by atoms with Crippen LogP contribution < -0.4 is 14.2 Å². The van der Waals surface area contributed by atoms with E-state index in [-0.39, 0.29) is 50.5 Å². The molecule has 12 heteroatoms. The number of allylic oxidation sites excluding steroid dienone is 1. The third-order valence-electron chi connectivity index (χ3n) is 12.6. The molecule has 12 nitrogen and oxygen atoms in total. The van der Waals surface area contributed by atoms with Crippen molar-refractivity contribution in [1.29, 1.82) is 0 Å². The number of methoxy groups -OCH3 is 2. The van der Waals surface area contributed by atoms with Crippen LogP contribution in [0.4, 0.5) is 4.79 Å². The number of unbranched alkanes of at least 4 members (excludes halogenated alkanes) is 2. The molecule has 3 aliphatic rings. The first-order valence-electron chi connectivity index (χ1n) is 22.4. The van der Waals surface area contributed by atoms with Crippen LogP contribution in [0.5, 0.6) is 23.0 Å². The third-order valence-corrected chi connectivity index (χ3v) is 12.6. The maximum atomic E-state index is 14.5. The summed E-state index contributed by atoms with van der Waals surface area (Å²) in [7, 11) is 2.90. The number of aldehydes is 1. The van der Waals surface area contributed by atoms with Gasteiger partial charge in [-0.1, -0.05) is 72.6 Å². The molecule has 0 radical (unpaired) electrons. The third kappa shape index (κ3) is 9.69. The number of rotatable bonds is 19. The van der Waals surface area contributed by atoms with E-state index in [0.29, 0.717) is 47.1 Å². The van der Waals surface area contributed by atoms with Crippen LogP contribution in [-0.2, 0) is 20.9 Å². The zero-order valence-electron chi connectivity index (χ0n) is 37.7. The van der Waals surface area contributed by atoms with E-state index in [2.05, 4.69) is 30.9 Å². The van der Waals surface area contributed by atoms with Crippen molar-refractivity contribution in [2.45, 2.75) is 95.6 Å². The number of hydrogen-bond acceptors (Lipinski definition) is 11. The maximum absolute atomic E-state index is 14.5. The smallest absolute Gasteiger partial charge is 0.410 e. The highest BCUT2D eigenvalue weighted by molar-refractivity contribution is 6.03. The van der Waals surface area contributed by atoms with Crippen molar-refractivity contribution in [3.63, 3.8) is 0 Å². The van der Waals surface area contributed by atoms with Gasteiger partial charge < -0.3 is 38.7 Å². The van der Waals surface area contributed by atoms with Crippen LogP contribution in [0, 0.1) is 17.8 Å². The summed E-state index contributed by atoms with van der Waals surface area (Å²) in [5, 5.41) is 27.0. The second kappa shape index (κ2) is 20.4. The van der Waals surface area contributed by atoms with Gasteiger partial charge in [0.1, 0.15) is 34.6 Å². The first-order valence-corrected chi connectivity index (χ1v) is 22.4. The minimum Gasteiger partial charge on any atom is -0.496 e. The van der Waals surface area contributed by atoms with Crippen LogP contribution in [-0.4, -0.2) is 84.7 Å². The van der Waals surface area contributed by atoms with Crippen molar-refractivity contribution in [1.82, 2.24) is 4.90 Å². The summed E-state index contributed by atoms with van der Waals surface area (Å²) in [6.45, 7) is 10.3. The highest BCUT2D eigenvalue weighted by Gasteiger charge is 2.65. The number of fused-ring (bicyclic) bond motifs is 3. The van der Waals surface area contributed by atoms with Crippen LogP contribution in [0.1, 0.15) is 93.1 Å². The summed E-state index contributed by atoms with van der Waals surface area (Å²) in [4.78, 5) is 34.5. The number of carbonyl (C=O) groups is 2. The van der Waals surface area contributed by atoms with E-state index < -0.39 is 29.4 Å². The normalized spacial score (nSPS) is 23.0. The lowest BCUT2D eigenvalue weighted by atomic mass is 9.55. The molecule has 1 amide bonds. The average Bonchev–Trinajstić information content (AvgIpc) is 3.30. The first-order chi connectivity index (χ1) is 31.0. The predicted octanol–water partition coefficient (Wildman–Crippen LogP) is 10.2. The minimum absolute atomic E-state index is 0.000528. The molecular formula is C52H62N2O10. The molecule has 0 unspecified atom stereocenters. The lowest BCUT2D eigenvalue weighted by molar-refractivity contribution is -0.256. The Morgan fingerprint density at radius 2 is 1.69 bits per heavy atom. The Bertz CT molecular complexity index is 2350. The number of amides is 1. The Hall–Kier alpha value is -5.69. The van der Waals surface area contributed by atoms with Gasteiger partial charge in [-0.3, -0.25) is 9.69 Å². The SMILES string of the molecule is C=CCO[C@@]12Oc3ccc(Oc4ccc(OC)c(C=O)c4)cc3[C@H]3[C@H](CCCCO)[C@@H](CCCCO)C=C(C(=NOC(C)(C)C)C[C@@H]1N(Cc1cccc4ccccc14)C(=O)OC)[C@H]32. The van der Waals surface area contributed by atoms with Crippen molar-refractivity contribution in [3.8, 4) is 23.0 Å². The molecule has 1 fully saturated rings. The molecule has 2 aliphatic carbocycles. The van der Waals surface area contributed by atoms with Gasteiger partial charge in [0.25, 0.3) is 0 Å². The topological polar surface area (TPSA) is 146 Å². The highest BCUT2D eigenvalue weighted by Crippen LogP contribution is 2.62. The minimum atomic E-state index is -1.49. The van der Waals surface area contributed by atoms with Gasteiger partial charge in [-0.05, 0) is 117 Å². The molecule has 4 aromatic carbocycles. The number of benzene rings is 4. The molecule has 0 saturated heterocycles. The van der Waals surface area contributed by atoms with Crippen LogP contribution in [0.25, 0.3) is 10.8 Å². The van der Waals surface area contributed by atoms with E-state index in [4.69, 9.17) is 33.7 Å². The number of aliphatic hydroxyl groups excluding tert-OH is 2. The number of nitrogens with zero attached hydrogens (tertiary/aromatic N) is 2. The van der Waals surface area contributed by atoms with Crippen LogP contribution >= 0.6 is 0 Å². The fourth-order valence-electron chi connectivity index (χ4n) is 9.94. The lowest BCUT2D eigenvalue weighted by Gasteiger charge is -2.60. The molecule has 1 aliphatic heterocycles. The summed E-state index contributed by atoms with van der Waals surface area (Å²) in [5.41, 5.74) is 3.15. The van der Waals surface area contributed by atoms with Gasteiger partial charge in [-0.15, -0.1) is 6.58 Å². The average molecular weight is 875 g/mol. The Balaban J connectivity index is 1.47. The van der Waals surface area contributed by atoms with E-state index in [1.54, 1.807) is 29.2 Å². The monoisotopic (exact) mass is 874 g/mol. The molecule has 4 aromatic rings. The number of oxime groups is 1. The quantitative estimate of drug-likeness (QED) is 0.0404. The highest BCUT2D eigenvalue weighted by atomic mass is 16.7. The van der Waals surface area contributed by atoms with Gasteiger partial charge in [-0.2, -0.15) is 0 Å². The Kier molecular flexibility index (Phi) is 14.8. The van der Waals surface area contributed by atoms with Crippen LogP contribution in [0.3, 0.4) is 0 Å². The van der Waals surface area contributed by atoms with Gasteiger partial charge in [-0.25, -0.2) is 4.79 Å². The molecule has 0 bridgehead atoms. The van der Waals surface area contributed by atoms with E-state index >= 15 is 0 Å². The molecule has 340 valence electrons. The summed E-state index contributed by atoms with van der Waals surface area (Å²) < 4.78 is 32.0. The van der Waals surface area contributed by atoms with Gasteiger partial charge in [0.15, 0.2) is 6.29 Å². The maximum Gasteiger partial charge on any atom is 0.410 e. The van der Waals surface area contributed by atoms with Crippen molar-refractivity contribution in [3.05, 3.63) is 120 Å². The molecule has 6 atom stereocenters. The van der Waals surface area contributed by atoms with Gasteiger partial charge in [0.05, 0.1) is 44.6 Å². The Morgan fingerprint density at radius 1 is 0.953 bits per heavy atom. The second-order valence-corrected chi connectivity index (χ2v) is 17.8.